The second-order valence-electron chi connectivity index (χ2n) is 2.95. The number of benzene rings is 1. The normalized spacial score (nSPS) is 11.4. The van der Waals surface area contributed by atoms with Crippen molar-refractivity contribution in [1.29, 1.82) is 0 Å². The van der Waals surface area contributed by atoms with E-state index >= 15 is 0 Å². The average Bonchev–Trinajstić information content (AvgIpc) is 2.22. The molecule has 0 saturated carbocycles. The van der Waals surface area contributed by atoms with Crippen molar-refractivity contribution in [3.8, 4) is 0 Å². The van der Waals surface area contributed by atoms with Crippen LogP contribution in [0.2, 0.25) is 0 Å². The highest BCUT2D eigenvalue weighted by molar-refractivity contribution is 7.55. The largest absolute Gasteiger partial charge is 0.432 e. The predicted octanol–water partition coefficient (Wildman–Crippen LogP) is 3.42. The SMILES string of the molecule is CCOP(=O)(Nc1ccc(F)cc1)OCC. The van der Waals surface area contributed by atoms with Gasteiger partial charge >= 0.3 is 7.75 Å². The van der Waals surface area contributed by atoms with Crippen molar-refractivity contribution in [2.75, 3.05) is 18.3 Å². The van der Waals surface area contributed by atoms with Crippen LogP contribution in [0.15, 0.2) is 24.3 Å². The van der Waals surface area contributed by atoms with Crippen LogP contribution in [-0.4, -0.2) is 13.2 Å². The van der Waals surface area contributed by atoms with E-state index < -0.39 is 7.75 Å². The van der Waals surface area contributed by atoms with Crippen molar-refractivity contribution >= 4 is 13.4 Å². The maximum atomic E-state index is 12.7. The Morgan fingerprint density at radius 2 is 1.69 bits per heavy atom. The van der Waals surface area contributed by atoms with E-state index in [0.29, 0.717) is 5.69 Å². The number of halogens is 1. The monoisotopic (exact) mass is 247 g/mol. The Bertz CT molecular complexity index is 359. The molecule has 1 rings (SSSR count). The number of nitrogens with one attached hydrogen (secondary N) is 1. The molecule has 90 valence electrons. The van der Waals surface area contributed by atoms with Crippen molar-refractivity contribution in [3.05, 3.63) is 30.1 Å². The number of hydrogen-bond donors (Lipinski definition) is 1. The van der Waals surface area contributed by atoms with E-state index in [1.807, 2.05) is 0 Å². The summed E-state index contributed by atoms with van der Waals surface area (Å²) in [6.07, 6.45) is 0. The minimum absolute atomic E-state index is 0.269. The van der Waals surface area contributed by atoms with Gasteiger partial charge in [0.1, 0.15) is 5.82 Å². The van der Waals surface area contributed by atoms with Gasteiger partial charge in [0.25, 0.3) is 0 Å². The van der Waals surface area contributed by atoms with Gasteiger partial charge < -0.3 is 0 Å². The first kappa shape index (κ1) is 13.2. The van der Waals surface area contributed by atoms with E-state index in [4.69, 9.17) is 9.05 Å². The lowest BCUT2D eigenvalue weighted by atomic mass is 10.3. The molecule has 6 heteroatoms. The maximum Gasteiger partial charge on any atom is 0.432 e. The second-order valence-corrected chi connectivity index (χ2v) is 4.69. The fraction of sp³-hybridized carbons (Fsp3) is 0.400. The first-order chi connectivity index (χ1) is 7.59. The Hall–Kier alpha value is -0.900. The minimum atomic E-state index is -3.33. The highest BCUT2D eigenvalue weighted by atomic mass is 31.2. The van der Waals surface area contributed by atoms with Crippen LogP contribution in [0.25, 0.3) is 0 Å². The van der Waals surface area contributed by atoms with Gasteiger partial charge in [0, 0.05) is 5.69 Å². The lowest BCUT2D eigenvalue weighted by Crippen LogP contribution is -2.04. The van der Waals surface area contributed by atoms with Crippen LogP contribution in [-0.2, 0) is 13.6 Å². The Morgan fingerprint density at radius 3 is 2.12 bits per heavy atom. The molecule has 0 saturated heterocycles. The molecule has 0 radical (unpaired) electrons. The molecule has 0 bridgehead atoms. The predicted molar refractivity (Wildman–Crippen MR) is 60.9 cm³/mol. The zero-order chi connectivity index (χ0) is 12.0. The Balaban J connectivity index is 2.75. The number of hydrogen-bond acceptors (Lipinski definition) is 3. The van der Waals surface area contributed by atoms with Gasteiger partial charge in [0.05, 0.1) is 13.2 Å². The Morgan fingerprint density at radius 1 is 1.19 bits per heavy atom. The van der Waals surface area contributed by atoms with E-state index in [9.17, 15) is 8.96 Å². The van der Waals surface area contributed by atoms with E-state index in [-0.39, 0.29) is 19.0 Å². The van der Waals surface area contributed by atoms with Crippen LogP contribution < -0.4 is 5.09 Å². The molecule has 1 aromatic rings. The molecule has 1 aromatic carbocycles. The summed E-state index contributed by atoms with van der Waals surface area (Å²) in [5.41, 5.74) is 0.492. The summed E-state index contributed by atoms with van der Waals surface area (Å²) >= 11 is 0. The van der Waals surface area contributed by atoms with E-state index in [1.54, 1.807) is 13.8 Å². The fourth-order valence-corrected chi connectivity index (χ4v) is 2.47. The number of rotatable bonds is 6. The molecule has 0 heterocycles. The summed E-state index contributed by atoms with van der Waals surface area (Å²) < 4.78 is 34.7. The molecule has 1 N–H and O–H groups in total. The van der Waals surface area contributed by atoms with Gasteiger partial charge in [-0.3, -0.25) is 14.1 Å². The third-order valence-electron chi connectivity index (χ3n) is 1.71. The van der Waals surface area contributed by atoms with E-state index in [1.165, 1.54) is 24.3 Å². The molecule has 16 heavy (non-hydrogen) atoms. The van der Waals surface area contributed by atoms with Gasteiger partial charge in [0.2, 0.25) is 0 Å². The maximum absolute atomic E-state index is 12.7. The molecule has 0 aliphatic heterocycles. The smallest absolute Gasteiger partial charge is 0.293 e. The van der Waals surface area contributed by atoms with Crippen LogP contribution >= 0.6 is 7.75 Å². The average molecular weight is 247 g/mol. The van der Waals surface area contributed by atoms with E-state index in [2.05, 4.69) is 5.09 Å². The fourth-order valence-electron chi connectivity index (χ4n) is 1.12. The summed E-state index contributed by atoms with van der Waals surface area (Å²) in [5, 5.41) is 2.63. The highest BCUT2D eigenvalue weighted by Gasteiger charge is 2.23. The van der Waals surface area contributed by atoms with Crippen molar-refractivity contribution < 1.29 is 18.0 Å². The summed E-state index contributed by atoms with van der Waals surface area (Å²) in [5.74, 6) is -0.354. The van der Waals surface area contributed by atoms with Crippen LogP contribution in [0.3, 0.4) is 0 Å². The van der Waals surface area contributed by atoms with Crippen molar-refractivity contribution in [2.45, 2.75) is 13.8 Å². The summed E-state index contributed by atoms with van der Waals surface area (Å²) in [6, 6.07) is 5.48. The quantitative estimate of drug-likeness (QED) is 0.782. The molecule has 0 unspecified atom stereocenters. The van der Waals surface area contributed by atoms with Crippen molar-refractivity contribution in [3.63, 3.8) is 0 Å². The van der Waals surface area contributed by atoms with Gasteiger partial charge in [0.15, 0.2) is 0 Å². The first-order valence-electron chi connectivity index (χ1n) is 5.02. The Labute approximate surface area is 94.4 Å². The van der Waals surface area contributed by atoms with Crippen molar-refractivity contribution in [1.82, 2.24) is 0 Å². The molecule has 0 aliphatic carbocycles. The molecule has 0 fully saturated rings. The van der Waals surface area contributed by atoms with Gasteiger partial charge in [-0.1, -0.05) is 0 Å². The topological polar surface area (TPSA) is 47.6 Å². The molecular weight excluding hydrogens is 232 g/mol. The molecule has 0 aliphatic rings. The standard InChI is InChI=1S/C10H15FNO3P/c1-3-14-16(13,15-4-2)12-10-7-5-9(11)6-8-10/h5-8H,3-4H2,1-2H3,(H,12,13). The third kappa shape index (κ3) is 3.93. The summed E-state index contributed by atoms with van der Waals surface area (Å²) in [4.78, 5) is 0. The van der Waals surface area contributed by atoms with Gasteiger partial charge in [-0.15, -0.1) is 0 Å². The minimum Gasteiger partial charge on any atom is -0.293 e. The van der Waals surface area contributed by atoms with Gasteiger partial charge in [-0.05, 0) is 38.1 Å². The zero-order valence-corrected chi connectivity index (χ0v) is 10.2. The lowest BCUT2D eigenvalue weighted by Gasteiger charge is -2.18. The lowest BCUT2D eigenvalue weighted by molar-refractivity contribution is 0.225. The van der Waals surface area contributed by atoms with E-state index in [0.717, 1.165) is 0 Å². The van der Waals surface area contributed by atoms with Crippen LogP contribution in [0, 0.1) is 5.82 Å². The molecule has 0 atom stereocenters. The van der Waals surface area contributed by atoms with Crippen LogP contribution in [0.4, 0.5) is 10.1 Å². The second kappa shape index (κ2) is 5.99. The molecular formula is C10H15FNO3P. The molecule has 0 amide bonds. The summed E-state index contributed by atoms with van der Waals surface area (Å²) in [7, 11) is -3.33. The van der Waals surface area contributed by atoms with Crippen molar-refractivity contribution in [2.24, 2.45) is 0 Å². The molecule has 4 nitrogen and oxygen atoms in total. The zero-order valence-electron chi connectivity index (χ0n) is 9.27. The van der Waals surface area contributed by atoms with Gasteiger partial charge in [-0.25, -0.2) is 8.96 Å². The Kier molecular flexibility index (Phi) is 4.93. The molecule has 0 aromatic heterocycles. The van der Waals surface area contributed by atoms with Crippen LogP contribution in [0.1, 0.15) is 13.8 Å². The highest BCUT2D eigenvalue weighted by Crippen LogP contribution is 2.47. The summed E-state index contributed by atoms with van der Waals surface area (Å²) in [6.45, 7) is 3.98. The first-order valence-corrected chi connectivity index (χ1v) is 6.57. The third-order valence-corrected chi connectivity index (χ3v) is 3.44. The van der Waals surface area contributed by atoms with Crippen LogP contribution in [0.5, 0.6) is 0 Å². The number of anilines is 1. The van der Waals surface area contributed by atoms with Gasteiger partial charge in [-0.2, -0.15) is 0 Å². The molecule has 0 spiro atoms.